The molecule has 0 aliphatic heterocycles. The molecule has 0 bridgehead atoms. The number of aliphatic carboxylic acids is 1. The van der Waals surface area contributed by atoms with Gasteiger partial charge in [-0.15, -0.1) is 0 Å². The van der Waals surface area contributed by atoms with Gasteiger partial charge in [0.15, 0.2) is 0 Å². The Morgan fingerprint density at radius 2 is 1.83 bits per heavy atom. The van der Waals surface area contributed by atoms with Gasteiger partial charge in [-0.25, -0.2) is 4.79 Å². The summed E-state index contributed by atoms with van der Waals surface area (Å²) in [6, 6.07) is 0. The van der Waals surface area contributed by atoms with Crippen molar-refractivity contribution in [3.63, 3.8) is 0 Å². The molecule has 0 aromatic heterocycles. The second-order valence-electron chi connectivity index (χ2n) is 5.57. The van der Waals surface area contributed by atoms with Crippen LogP contribution in [-0.2, 0) is 34.8 Å². The molecule has 1 unspecified atom stereocenters. The van der Waals surface area contributed by atoms with Crippen LogP contribution in [0.4, 0.5) is 0 Å². The lowest BCUT2D eigenvalue weighted by Crippen LogP contribution is -3.00. The monoisotopic (exact) mass is 384 g/mol. The van der Waals surface area contributed by atoms with Gasteiger partial charge in [-0.3, -0.25) is 9.59 Å². The highest BCUT2D eigenvalue weighted by Crippen LogP contribution is 2.14. The van der Waals surface area contributed by atoms with E-state index in [4.69, 9.17) is 14.6 Å². The quantitative estimate of drug-likeness (QED) is 0.268. The van der Waals surface area contributed by atoms with E-state index in [1.165, 1.54) is 6.92 Å². The van der Waals surface area contributed by atoms with Gasteiger partial charge >= 0.3 is 5.97 Å². The zero-order chi connectivity index (χ0) is 17.7. The van der Waals surface area contributed by atoms with Gasteiger partial charge in [0.25, 0.3) is 0 Å². The van der Waals surface area contributed by atoms with E-state index < -0.39 is 5.97 Å². The van der Waals surface area contributed by atoms with E-state index in [-0.39, 0.29) is 53.0 Å². The average Bonchev–Trinajstić information content (AvgIpc) is 2.46. The van der Waals surface area contributed by atoms with Crippen LogP contribution >= 0.6 is 0 Å². The van der Waals surface area contributed by atoms with E-state index >= 15 is 0 Å². The highest BCUT2D eigenvalue weighted by molar-refractivity contribution is 7.96. The third-order valence-corrected chi connectivity index (χ3v) is 5.08. The summed E-state index contributed by atoms with van der Waals surface area (Å²) in [5.41, 5.74) is 0. The number of ketones is 2. The van der Waals surface area contributed by atoms with Crippen molar-refractivity contribution < 1.29 is 41.4 Å². The molecule has 1 N–H and O–H groups in total. The minimum Gasteiger partial charge on any atom is -1.00 e. The summed E-state index contributed by atoms with van der Waals surface area (Å²) >= 11 is 0. The molecule has 0 saturated carbocycles. The number of Topliss-reactive ketones (excluding diaryl/α,β-unsaturated/α-hetero) is 2. The third-order valence-electron chi connectivity index (χ3n) is 3.41. The Morgan fingerprint density at radius 1 is 1.17 bits per heavy atom. The average molecular weight is 385 g/mol. The van der Waals surface area contributed by atoms with Crippen LogP contribution in [0.5, 0.6) is 0 Å². The molecule has 0 aromatic carbocycles. The molecule has 0 heterocycles. The Hall–Kier alpha value is -0.630. The van der Waals surface area contributed by atoms with Crippen LogP contribution in [0.3, 0.4) is 0 Å². The summed E-state index contributed by atoms with van der Waals surface area (Å²) in [6.45, 7) is 3.06. The van der Waals surface area contributed by atoms with Crippen LogP contribution in [0.25, 0.3) is 0 Å². The minimum atomic E-state index is -0.820. The largest absolute Gasteiger partial charge is 1.00 e. The number of hydrogen-bond donors (Lipinski definition) is 1. The molecular weight excluding hydrogens is 356 g/mol. The van der Waals surface area contributed by atoms with Crippen molar-refractivity contribution in [1.82, 2.24) is 0 Å². The molecule has 24 heavy (non-hydrogen) atoms. The van der Waals surface area contributed by atoms with Crippen molar-refractivity contribution in [2.45, 2.75) is 32.6 Å². The number of carbonyl (C=O) groups is 3. The van der Waals surface area contributed by atoms with Crippen LogP contribution in [0.2, 0.25) is 0 Å². The van der Waals surface area contributed by atoms with Crippen molar-refractivity contribution in [2.24, 2.45) is 5.92 Å². The first kappa shape index (κ1) is 25.6. The summed E-state index contributed by atoms with van der Waals surface area (Å²) in [5, 5.41) is 8.74. The lowest BCUT2D eigenvalue weighted by Gasteiger charge is -2.12. The molecule has 0 rings (SSSR count). The molecule has 0 fully saturated rings. The molecule has 0 amide bonds. The number of methoxy groups -OCH3 is 1. The van der Waals surface area contributed by atoms with Crippen molar-refractivity contribution in [3.05, 3.63) is 0 Å². The maximum absolute atomic E-state index is 11.9. The lowest BCUT2D eigenvalue weighted by atomic mass is 9.94. The Bertz CT molecular complexity index is 378. The fourth-order valence-electron chi connectivity index (χ4n) is 2.07. The van der Waals surface area contributed by atoms with Gasteiger partial charge in [-0.05, 0) is 24.2 Å². The normalized spacial score (nSPS) is 13.0. The molecule has 2 atom stereocenters. The van der Waals surface area contributed by atoms with Crippen LogP contribution in [0, 0.1) is 5.92 Å². The van der Waals surface area contributed by atoms with Crippen molar-refractivity contribution in [1.29, 1.82) is 0 Å². The first-order valence-corrected chi connectivity index (χ1v) is 9.73. The molecule has 8 heteroatoms. The summed E-state index contributed by atoms with van der Waals surface area (Å²) in [4.78, 5) is 34.2. The fraction of sp³-hybridized carbons (Fsp3) is 0.812. The molecule has 0 aliphatic carbocycles. The van der Waals surface area contributed by atoms with E-state index in [9.17, 15) is 14.4 Å². The van der Waals surface area contributed by atoms with Gasteiger partial charge in [0.2, 0.25) is 5.75 Å². The second-order valence-corrected chi connectivity index (χ2v) is 7.83. The highest BCUT2D eigenvalue weighted by Gasteiger charge is 2.23. The Morgan fingerprint density at radius 3 is 2.38 bits per heavy atom. The number of carboxylic acid groups (broad SMARTS) is 1. The van der Waals surface area contributed by atoms with Gasteiger partial charge in [0, 0.05) is 38.9 Å². The van der Waals surface area contributed by atoms with E-state index in [2.05, 4.69) is 0 Å². The maximum atomic E-state index is 11.9. The minimum absolute atomic E-state index is 0. The van der Waals surface area contributed by atoms with Crippen LogP contribution in [0.1, 0.15) is 32.6 Å². The molecule has 0 spiro atoms. The molecule has 0 radical (unpaired) electrons. The summed E-state index contributed by atoms with van der Waals surface area (Å²) in [6.07, 6.45) is 3.76. The van der Waals surface area contributed by atoms with Gasteiger partial charge in [0.1, 0.15) is 17.3 Å². The topological polar surface area (TPSA) is 89.9 Å². The maximum Gasteiger partial charge on any atom is 0.353 e. The number of halogens is 1. The van der Waals surface area contributed by atoms with E-state index in [1.54, 1.807) is 7.11 Å². The number of rotatable bonds is 15. The molecule has 0 aliphatic rings. The van der Waals surface area contributed by atoms with Gasteiger partial charge < -0.3 is 27.0 Å². The summed E-state index contributed by atoms with van der Waals surface area (Å²) in [7, 11) is 1.35. The number of carbonyl (C=O) groups excluding carboxylic acids is 2. The number of hydrogen-bond acceptors (Lipinski definition) is 5. The number of carboxylic acids is 1. The van der Waals surface area contributed by atoms with Crippen molar-refractivity contribution in [2.75, 3.05) is 44.7 Å². The first-order valence-electron chi connectivity index (χ1n) is 7.76. The van der Waals surface area contributed by atoms with Crippen LogP contribution in [-0.4, -0.2) is 67.3 Å². The third kappa shape index (κ3) is 14.9. The van der Waals surface area contributed by atoms with E-state index in [0.717, 1.165) is 0 Å². The standard InChI is InChI=1S/C16H28O6S.ClH/c1-13(17)14(6-10-23(3)12-16(19)20)11-15(18)5-4-7-22-9-8-21-2;/h14H,4-12H2,1-3H3;1H/t14-,23?;/m1./s1. The van der Waals surface area contributed by atoms with Crippen molar-refractivity contribution >= 4 is 28.4 Å². The SMILES string of the molecule is COCCOCCCC(=O)C[C@@H](CC[S+](C)CC(=O)O)C(C)=O.[Cl-]. The Kier molecular flexibility index (Phi) is 16.9. The predicted molar refractivity (Wildman–Crippen MR) is 91.0 cm³/mol. The Labute approximate surface area is 153 Å². The zero-order valence-electron chi connectivity index (χ0n) is 14.7. The summed E-state index contributed by atoms with van der Waals surface area (Å²) in [5.74, 6) is -0.251. The van der Waals surface area contributed by atoms with Gasteiger partial charge in [0.05, 0.1) is 19.5 Å². The molecule has 6 nitrogen and oxygen atoms in total. The molecular formula is C16H29ClO6S. The number of ether oxygens (including phenoxy) is 2. The lowest BCUT2D eigenvalue weighted by molar-refractivity contribution is -0.134. The Balaban J connectivity index is 0. The predicted octanol–water partition coefficient (Wildman–Crippen LogP) is -1.68. The fourth-order valence-corrected chi connectivity index (χ4v) is 3.32. The summed E-state index contributed by atoms with van der Waals surface area (Å²) < 4.78 is 10.1. The van der Waals surface area contributed by atoms with Gasteiger partial charge in [-0.1, -0.05) is 0 Å². The first-order chi connectivity index (χ1) is 10.9. The smallest absolute Gasteiger partial charge is 0.353 e. The van der Waals surface area contributed by atoms with Crippen molar-refractivity contribution in [3.8, 4) is 0 Å². The zero-order valence-corrected chi connectivity index (χ0v) is 16.3. The van der Waals surface area contributed by atoms with Gasteiger partial charge in [-0.2, -0.15) is 0 Å². The van der Waals surface area contributed by atoms with Crippen LogP contribution in [0.15, 0.2) is 0 Å². The van der Waals surface area contributed by atoms with E-state index in [0.29, 0.717) is 44.8 Å². The highest BCUT2D eigenvalue weighted by atomic mass is 35.5. The molecule has 142 valence electrons. The second kappa shape index (κ2) is 15.9. The van der Waals surface area contributed by atoms with Crippen LogP contribution < -0.4 is 12.4 Å². The molecule has 0 saturated heterocycles. The van der Waals surface area contributed by atoms with E-state index in [1.807, 2.05) is 6.26 Å². The molecule has 0 aromatic rings.